The lowest BCUT2D eigenvalue weighted by molar-refractivity contribution is -0.418. The average Bonchev–Trinajstić information content (AvgIpc) is 2.71. The van der Waals surface area contributed by atoms with E-state index in [4.69, 9.17) is 0 Å². The van der Waals surface area contributed by atoms with Gasteiger partial charge in [0.1, 0.15) is 0 Å². The maximum Gasteiger partial charge on any atom is 0.289 e. The minimum atomic E-state index is -4.04. The second-order valence-electron chi connectivity index (χ2n) is 5.93. The summed E-state index contributed by atoms with van der Waals surface area (Å²) in [7, 11) is -4.04. The molecule has 0 heterocycles. The molecule has 7 heteroatoms. The van der Waals surface area contributed by atoms with Crippen molar-refractivity contribution in [3.05, 3.63) is 104 Å². The van der Waals surface area contributed by atoms with E-state index in [1.165, 1.54) is 23.6 Å². The monoisotopic (exact) mass is 411 g/mol. The number of hydrogen-bond acceptors (Lipinski definition) is 5. The maximum atomic E-state index is 13.0. The zero-order valence-corrected chi connectivity index (χ0v) is 16.6. The third kappa shape index (κ3) is 4.16. The van der Waals surface area contributed by atoms with E-state index in [0.29, 0.717) is 5.56 Å². The molecule has 142 valence electrons. The lowest BCUT2D eigenvalue weighted by atomic mass is 10.1. The Morgan fingerprint density at radius 1 is 0.964 bits per heavy atom. The van der Waals surface area contributed by atoms with Crippen molar-refractivity contribution in [1.82, 2.24) is 0 Å². The lowest BCUT2D eigenvalue weighted by Crippen LogP contribution is -2.12. The Kier molecular flexibility index (Phi) is 5.96. The van der Waals surface area contributed by atoms with Crippen molar-refractivity contribution >= 4 is 38.4 Å². The number of hydrogen-bond donors (Lipinski definition) is 0. The zero-order valence-electron chi connectivity index (χ0n) is 15.0. The second-order valence-corrected chi connectivity index (χ2v) is 8.55. The van der Waals surface area contributed by atoms with E-state index in [1.54, 1.807) is 36.6 Å². The van der Waals surface area contributed by atoms with Gasteiger partial charge in [-0.25, -0.2) is 8.42 Å². The molecule has 0 fully saturated rings. The molecule has 0 bridgehead atoms. The molecule has 0 unspecified atom stereocenters. The van der Waals surface area contributed by atoms with Crippen LogP contribution in [0.3, 0.4) is 0 Å². The highest BCUT2D eigenvalue weighted by atomic mass is 32.2. The third-order valence-electron chi connectivity index (χ3n) is 4.09. The molecule has 3 rings (SSSR count). The molecule has 0 aliphatic carbocycles. The predicted octanol–water partition coefficient (Wildman–Crippen LogP) is 5.14. The Hall–Kier alpha value is -2.90. The fourth-order valence-corrected chi connectivity index (χ4v) is 5.07. The van der Waals surface area contributed by atoms with Crippen molar-refractivity contribution in [3.8, 4) is 0 Å². The van der Waals surface area contributed by atoms with Gasteiger partial charge in [0.05, 0.1) is 9.82 Å². The Morgan fingerprint density at radius 3 is 2.25 bits per heavy atom. The maximum absolute atomic E-state index is 13.0. The summed E-state index contributed by atoms with van der Waals surface area (Å²) in [4.78, 5) is 10.8. The van der Waals surface area contributed by atoms with Crippen LogP contribution in [0, 0.1) is 10.1 Å². The molecule has 28 heavy (non-hydrogen) atoms. The van der Waals surface area contributed by atoms with Crippen LogP contribution in [-0.2, 0) is 9.84 Å². The first-order valence-electron chi connectivity index (χ1n) is 8.32. The molecule has 0 aliphatic rings. The van der Waals surface area contributed by atoms with Crippen molar-refractivity contribution in [2.45, 2.75) is 4.90 Å². The normalized spacial score (nSPS) is 12.9. The number of nitro groups is 1. The van der Waals surface area contributed by atoms with E-state index >= 15 is 0 Å². The van der Waals surface area contributed by atoms with Crippen LogP contribution in [0.25, 0.3) is 16.8 Å². The minimum absolute atomic E-state index is 0.0153. The summed E-state index contributed by atoms with van der Waals surface area (Å²) in [6.07, 6.45) is 2.96. The van der Waals surface area contributed by atoms with Crippen molar-refractivity contribution < 1.29 is 13.3 Å². The number of fused-ring (bicyclic) bond motifs is 1. The average molecular weight is 412 g/mol. The first-order valence-corrected chi connectivity index (χ1v) is 11.1. The highest BCUT2D eigenvalue weighted by Gasteiger charge is 2.31. The fourth-order valence-electron chi connectivity index (χ4n) is 2.76. The molecule has 0 N–H and O–H groups in total. The van der Waals surface area contributed by atoms with Gasteiger partial charge in [0.25, 0.3) is 5.70 Å². The van der Waals surface area contributed by atoms with Crippen molar-refractivity contribution in [1.29, 1.82) is 0 Å². The summed E-state index contributed by atoms with van der Waals surface area (Å²) >= 11 is 1.10. The Labute approximate surface area is 167 Å². The van der Waals surface area contributed by atoms with Gasteiger partial charge in [0.2, 0.25) is 9.84 Å². The quantitative estimate of drug-likeness (QED) is 0.319. The first kappa shape index (κ1) is 19.9. The van der Waals surface area contributed by atoms with Gasteiger partial charge in [-0.15, -0.1) is 11.8 Å². The van der Waals surface area contributed by atoms with Gasteiger partial charge in [-0.2, -0.15) is 0 Å². The largest absolute Gasteiger partial charge is 0.289 e. The van der Waals surface area contributed by atoms with E-state index in [-0.39, 0.29) is 9.80 Å². The fraction of sp³-hybridized carbons (Fsp3) is 0.0476. The number of benzene rings is 3. The lowest BCUT2D eigenvalue weighted by Gasteiger charge is -2.08. The van der Waals surface area contributed by atoms with Gasteiger partial charge >= 0.3 is 0 Å². The van der Waals surface area contributed by atoms with Crippen LogP contribution in [-0.4, -0.2) is 19.6 Å². The van der Waals surface area contributed by atoms with Crippen LogP contribution in [0.4, 0.5) is 0 Å². The van der Waals surface area contributed by atoms with Crippen LogP contribution < -0.4 is 0 Å². The highest BCUT2D eigenvalue weighted by molar-refractivity contribution is 8.03. The Balaban J connectivity index is 2.16. The van der Waals surface area contributed by atoms with Crippen LogP contribution >= 0.6 is 11.8 Å². The molecule has 5 nitrogen and oxygen atoms in total. The zero-order chi connectivity index (χ0) is 20.1. The predicted molar refractivity (Wildman–Crippen MR) is 114 cm³/mol. The van der Waals surface area contributed by atoms with Gasteiger partial charge < -0.3 is 0 Å². The van der Waals surface area contributed by atoms with E-state index in [1.807, 2.05) is 30.3 Å². The molecule has 0 amide bonds. The molecule has 0 spiro atoms. The number of rotatable bonds is 6. The van der Waals surface area contributed by atoms with Crippen LogP contribution in [0.1, 0.15) is 5.56 Å². The third-order valence-corrected chi connectivity index (χ3v) is 6.51. The van der Waals surface area contributed by atoms with Crippen molar-refractivity contribution in [2.24, 2.45) is 0 Å². The Morgan fingerprint density at radius 2 is 1.61 bits per heavy atom. The highest BCUT2D eigenvalue weighted by Crippen LogP contribution is 2.29. The van der Waals surface area contributed by atoms with Gasteiger partial charge in [-0.1, -0.05) is 54.6 Å². The standard InChI is InChI=1S/C21H17NO4S2/c1-27-15-21(28(25,26)19-9-3-2-4-10-19)20(22(23)24)14-16-11-12-17-7-5-6-8-18(17)13-16/h2-15H,1H3/b20-14+,21-15+. The van der Waals surface area contributed by atoms with E-state index < -0.39 is 20.5 Å². The minimum Gasteiger partial charge on any atom is -0.258 e. The molecular weight excluding hydrogens is 394 g/mol. The van der Waals surface area contributed by atoms with Gasteiger partial charge in [-0.3, -0.25) is 10.1 Å². The van der Waals surface area contributed by atoms with Gasteiger partial charge in [0.15, 0.2) is 4.91 Å². The SMILES string of the molecule is CS/C=C(\C(=C/c1ccc2ccccc2c1)[N+](=O)[O-])S(=O)(=O)c1ccccc1. The van der Waals surface area contributed by atoms with E-state index in [0.717, 1.165) is 22.5 Å². The topological polar surface area (TPSA) is 77.3 Å². The summed E-state index contributed by atoms with van der Waals surface area (Å²) in [6.45, 7) is 0. The smallest absolute Gasteiger partial charge is 0.258 e. The molecule has 0 saturated heterocycles. The van der Waals surface area contributed by atoms with Crippen LogP contribution in [0.2, 0.25) is 0 Å². The number of nitrogens with zero attached hydrogens (tertiary/aromatic N) is 1. The first-order chi connectivity index (χ1) is 13.4. The molecule has 0 radical (unpaired) electrons. The Bertz CT molecular complexity index is 1180. The molecule has 0 atom stereocenters. The summed E-state index contributed by atoms with van der Waals surface area (Å²) in [6, 6.07) is 20.7. The molecule has 3 aromatic carbocycles. The van der Waals surface area contributed by atoms with Crippen molar-refractivity contribution in [3.63, 3.8) is 0 Å². The summed E-state index contributed by atoms with van der Waals surface area (Å²) < 4.78 is 26.1. The van der Waals surface area contributed by atoms with Crippen LogP contribution in [0.15, 0.2) is 93.7 Å². The molecule has 0 aromatic heterocycles. The summed E-state index contributed by atoms with van der Waals surface area (Å²) in [5.41, 5.74) is 0.0918. The van der Waals surface area contributed by atoms with Gasteiger partial charge in [0, 0.05) is 6.08 Å². The molecule has 0 aliphatic heterocycles. The summed E-state index contributed by atoms with van der Waals surface area (Å²) in [5, 5.41) is 15.0. The number of sulfone groups is 1. The van der Waals surface area contributed by atoms with E-state index in [9.17, 15) is 18.5 Å². The van der Waals surface area contributed by atoms with Gasteiger partial charge in [-0.05, 0) is 46.2 Å². The second kappa shape index (κ2) is 8.41. The number of thioether (sulfide) groups is 1. The van der Waals surface area contributed by atoms with Crippen LogP contribution in [0.5, 0.6) is 0 Å². The van der Waals surface area contributed by atoms with E-state index in [2.05, 4.69) is 0 Å². The van der Waals surface area contributed by atoms with Crippen molar-refractivity contribution in [2.75, 3.05) is 6.26 Å². The molecular formula is C21H17NO4S2. The molecule has 0 saturated carbocycles. The molecule has 3 aromatic rings. The summed E-state index contributed by atoms with van der Waals surface area (Å²) in [5.74, 6) is 0.